The number of nitrogens with one attached hydrogen (secondary N) is 1. The Hall–Kier alpha value is -1.65. The lowest BCUT2D eigenvalue weighted by Crippen LogP contribution is -2.35. The molecule has 0 aliphatic carbocycles. The van der Waals surface area contributed by atoms with Gasteiger partial charge in [-0.15, -0.1) is 11.3 Å². The van der Waals surface area contributed by atoms with Crippen LogP contribution in [-0.2, 0) is 13.0 Å². The number of hydrogen-bond donors (Lipinski definition) is 2. The van der Waals surface area contributed by atoms with E-state index in [9.17, 15) is 0 Å². The molecule has 1 aromatic heterocycles. The molecule has 3 nitrogen and oxygen atoms in total. The highest BCUT2D eigenvalue weighted by atomic mass is 32.1. The maximum absolute atomic E-state index is 7.66. The van der Waals surface area contributed by atoms with Crippen molar-refractivity contribution in [3.05, 3.63) is 57.8 Å². The molecule has 0 radical (unpaired) electrons. The van der Waals surface area contributed by atoms with E-state index >= 15 is 0 Å². The highest BCUT2D eigenvalue weighted by molar-refractivity contribution is 7.10. The average Bonchev–Trinajstić information content (AvgIpc) is 2.93. The molecule has 1 atom stereocenters. The molecular weight excluding hydrogens is 266 g/mol. The second-order valence-corrected chi connectivity index (χ2v) is 6.25. The molecule has 1 aliphatic rings. The number of amidine groups is 1. The Morgan fingerprint density at radius 1 is 1.30 bits per heavy atom. The summed E-state index contributed by atoms with van der Waals surface area (Å²) in [4.78, 5) is 3.96. The van der Waals surface area contributed by atoms with E-state index in [0.717, 1.165) is 19.5 Å². The lowest BCUT2D eigenvalue weighted by atomic mass is 9.98. The third-order valence-corrected chi connectivity index (χ3v) is 4.90. The van der Waals surface area contributed by atoms with Crippen molar-refractivity contribution < 1.29 is 0 Å². The Labute approximate surface area is 123 Å². The predicted molar refractivity (Wildman–Crippen MR) is 84.1 cm³/mol. The molecule has 0 fully saturated rings. The van der Waals surface area contributed by atoms with Crippen LogP contribution in [0.5, 0.6) is 0 Å². The van der Waals surface area contributed by atoms with Crippen molar-refractivity contribution in [3.8, 4) is 0 Å². The lowest BCUT2D eigenvalue weighted by molar-refractivity contribution is 0.184. The number of nitrogens with zero attached hydrogens (tertiary/aromatic N) is 1. The van der Waals surface area contributed by atoms with Crippen molar-refractivity contribution in [1.82, 2.24) is 4.90 Å². The zero-order chi connectivity index (χ0) is 13.9. The lowest BCUT2D eigenvalue weighted by Gasteiger charge is -2.34. The molecule has 1 aromatic carbocycles. The van der Waals surface area contributed by atoms with Gasteiger partial charge in [0.05, 0.1) is 5.84 Å². The molecule has 1 aliphatic heterocycles. The molecule has 0 spiro atoms. The normalized spacial score (nSPS) is 16.6. The van der Waals surface area contributed by atoms with Crippen molar-refractivity contribution in [2.45, 2.75) is 25.4 Å². The molecule has 3 rings (SSSR count). The summed E-state index contributed by atoms with van der Waals surface area (Å²) in [6, 6.07) is 12.9. The fraction of sp³-hybridized carbons (Fsp3) is 0.312. The minimum absolute atomic E-state index is 0.210. The summed E-state index contributed by atoms with van der Waals surface area (Å²) in [5.74, 6) is 0.259. The highest BCUT2D eigenvalue weighted by Gasteiger charge is 2.25. The second kappa shape index (κ2) is 5.77. The summed E-state index contributed by atoms with van der Waals surface area (Å²) < 4.78 is 0. The largest absolute Gasteiger partial charge is 0.388 e. The maximum Gasteiger partial charge on any atom is 0.0924 e. The van der Waals surface area contributed by atoms with E-state index in [-0.39, 0.29) is 11.9 Å². The summed E-state index contributed by atoms with van der Waals surface area (Å²) in [5, 5.41) is 9.84. The molecule has 2 aromatic rings. The number of nitrogens with two attached hydrogens (primary N) is 1. The predicted octanol–water partition coefficient (Wildman–Crippen LogP) is 3.17. The third kappa shape index (κ3) is 2.76. The molecule has 0 amide bonds. The Balaban J connectivity index is 1.85. The second-order valence-electron chi connectivity index (χ2n) is 5.25. The van der Waals surface area contributed by atoms with Gasteiger partial charge in [-0.05, 0) is 29.0 Å². The minimum Gasteiger partial charge on any atom is -0.388 e. The average molecular weight is 285 g/mol. The van der Waals surface area contributed by atoms with Gasteiger partial charge in [0.25, 0.3) is 0 Å². The molecule has 0 bridgehead atoms. The Bertz CT molecular complexity index is 591. The van der Waals surface area contributed by atoms with Gasteiger partial charge in [-0.1, -0.05) is 30.3 Å². The van der Waals surface area contributed by atoms with Crippen LogP contribution in [-0.4, -0.2) is 17.3 Å². The molecule has 3 N–H and O–H groups in total. The van der Waals surface area contributed by atoms with Crippen LogP contribution in [0.4, 0.5) is 0 Å². The van der Waals surface area contributed by atoms with Gasteiger partial charge < -0.3 is 5.73 Å². The molecule has 0 saturated heterocycles. The SMILES string of the molecule is N=C(N)CC(c1ccccc1)N1CCc2sccc2C1. The van der Waals surface area contributed by atoms with E-state index in [2.05, 4.69) is 40.6 Å². The highest BCUT2D eigenvalue weighted by Crippen LogP contribution is 2.31. The van der Waals surface area contributed by atoms with Crippen LogP contribution in [0.15, 0.2) is 41.8 Å². The van der Waals surface area contributed by atoms with Gasteiger partial charge in [-0.2, -0.15) is 0 Å². The molecule has 1 unspecified atom stereocenters. The topological polar surface area (TPSA) is 53.1 Å². The van der Waals surface area contributed by atoms with Gasteiger partial charge in [0.15, 0.2) is 0 Å². The number of benzene rings is 1. The first-order chi connectivity index (χ1) is 9.74. The summed E-state index contributed by atoms with van der Waals surface area (Å²) >= 11 is 1.86. The fourth-order valence-electron chi connectivity index (χ4n) is 2.88. The van der Waals surface area contributed by atoms with E-state index < -0.39 is 0 Å². The van der Waals surface area contributed by atoms with Gasteiger partial charge in [0.2, 0.25) is 0 Å². The number of rotatable bonds is 4. The van der Waals surface area contributed by atoms with Gasteiger partial charge in [0, 0.05) is 30.4 Å². The van der Waals surface area contributed by atoms with Crippen molar-refractivity contribution in [2.75, 3.05) is 6.54 Å². The third-order valence-electron chi connectivity index (χ3n) is 3.88. The summed E-state index contributed by atoms with van der Waals surface area (Å²) in [7, 11) is 0. The van der Waals surface area contributed by atoms with E-state index in [1.54, 1.807) is 0 Å². The fourth-order valence-corrected chi connectivity index (χ4v) is 3.77. The molecule has 20 heavy (non-hydrogen) atoms. The Kier molecular flexibility index (Phi) is 3.85. The monoisotopic (exact) mass is 285 g/mol. The van der Waals surface area contributed by atoms with Gasteiger partial charge in [0.1, 0.15) is 0 Å². The minimum atomic E-state index is 0.210. The molecule has 4 heteroatoms. The molecule has 2 heterocycles. The van der Waals surface area contributed by atoms with Crippen LogP contribution in [0.1, 0.15) is 28.5 Å². The Morgan fingerprint density at radius 3 is 2.85 bits per heavy atom. The number of fused-ring (bicyclic) bond motifs is 1. The van der Waals surface area contributed by atoms with E-state index in [1.165, 1.54) is 16.0 Å². The summed E-state index contributed by atoms with van der Waals surface area (Å²) in [6.07, 6.45) is 1.71. The molecule has 104 valence electrons. The number of thiophene rings is 1. The van der Waals surface area contributed by atoms with Crippen molar-refractivity contribution in [1.29, 1.82) is 5.41 Å². The van der Waals surface area contributed by atoms with Crippen LogP contribution >= 0.6 is 11.3 Å². The standard InChI is InChI=1S/C16H19N3S/c17-16(18)10-14(12-4-2-1-3-5-12)19-8-6-15-13(11-19)7-9-20-15/h1-5,7,9,14H,6,8,10-11H2,(H3,17,18). The smallest absolute Gasteiger partial charge is 0.0924 e. The van der Waals surface area contributed by atoms with Crippen LogP contribution < -0.4 is 5.73 Å². The molecule has 0 saturated carbocycles. The maximum atomic E-state index is 7.66. The van der Waals surface area contributed by atoms with Crippen LogP contribution in [0, 0.1) is 5.41 Å². The van der Waals surface area contributed by atoms with Gasteiger partial charge >= 0.3 is 0 Å². The first-order valence-electron chi connectivity index (χ1n) is 6.91. The van der Waals surface area contributed by atoms with E-state index in [4.69, 9.17) is 11.1 Å². The van der Waals surface area contributed by atoms with E-state index in [1.807, 2.05) is 17.4 Å². The summed E-state index contributed by atoms with van der Waals surface area (Å²) in [6.45, 7) is 2.01. The number of hydrogen-bond acceptors (Lipinski definition) is 3. The van der Waals surface area contributed by atoms with Crippen LogP contribution in [0.25, 0.3) is 0 Å². The quantitative estimate of drug-likeness (QED) is 0.669. The Morgan fingerprint density at radius 2 is 2.10 bits per heavy atom. The first-order valence-corrected chi connectivity index (χ1v) is 7.79. The first kappa shape index (κ1) is 13.3. The molecular formula is C16H19N3S. The van der Waals surface area contributed by atoms with Crippen LogP contribution in [0.3, 0.4) is 0 Å². The zero-order valence-electron chi connectivity index (χ0n) is 11.4. The zero-order valence-corrected chi connectivity index (χ0v) is 12.2. The van der Waals surface area contributed by atoms with Gasteiger partial charge in [-0.25, -0.2) is 0 Å². The van der Waals surface area contributed by atoms with Crippen LogP contribution in [0.2, 0.25) is 0 Å². The van der Waals surface area contributed by atoms with Crippen molar-refractivity contribution in [3.63, 3.8) is 0 Å². The van der Waals surface area contributed by atoms with Crippen molar-refractivity contribution >= 4 is 17.2 Å². The van der Waals surface area contributed by atoms with Gasteiger partial charge in [-0.3, -0.25) is 10.3 Å². The van der Waals surface area contributed by atoms with Crippen molar-refractivity contribution in [2.24, 2.45) is 5.73 Å². The summed E-state index contributed by atoms with van der Waals surface area (Å²) in [5.41, 5.74) is 8.36. The van der Waals surface area contributed by atoms with E-state index in [0.29, 0.717) is 6.42 Å².